The predicted molar refractivity (Wildman–Crippen MR) is 105 cm³/mol. The Balaban J connectivity index is 1.92. The maximum absolute atomic E-state index is 5.47. The van der Waals surface area contributed by atoms with Gasteiger partial charge in [-0.1, -0.05) is 12.1 Å². The average Bonchev–Trinajstić information content (AvgIpc) is 2.65. The van der Waals surface area contributed by atoms with Crippen molar-refractivity contribution in [3.63, 3.8) is 0 Å². The molecule has 0 spiro atoms. The largest absolute Gasteiger partial charge is 0.497 e. The van der Waals surface area contributed by atoms with Crippen LogP contribution in [0.15, 0.2) is 42.5 Å². The summed E-state index contributed by atoms with van der Waals surface area (Å²) in [7, 11) is 6.89. The van der Waals surface area contributed by atoms with E-state index in [2.05, 4.69) is 5.32 Å². The van der Waals surface area contributed by atoms with Gasteiger partial charge >= 0.3 is 0 Å². The van der Waals surface area contributed by atoms with Crippen LogP contribution < -0.4 is 19.5 Å². The first-order valence-electron chi connectivity index (χ1n) is 7.94. The van der Waals surface area contributed by atoms with Crippen LogP contribution in [0.25, 0.3) is 0 Å². The standard InChI is InChI=1S/C19H24N2O3S/c1-21(19(25)20-15-6-5-7-16(13-15)22-2)11-10-14-8-9-17(23-3)18(12-14)24-4/h5-9,12-13H,10-11H2,1-4H3,(H,20,25). The van der Waals surface area contributed by atoms with Crippen molar-refractivity contribution < 1.29 is 14.2 Å². The lowest BCUT2D eigenvalue weighted by Crippen LogP contribution is -2.32. The number of rotatable bonds is 7. The minimum atomic E-state index is 0.661. The van der Waals surface area contributed by atoms with Gasteiger partial charge in [-0.15, -0.1) is 0 Å². The van der Waals surface area contributed by atoms with E-state index in [1.54, 1.807) is 21.3 Å². The Morgan fingerprint density at radius 1 is 1.00 bits per heavy atom. The first-order valence-corrected chi connectivity index (χ1v) is 8.35. The molecule has 0 heterocycles. The predicted octanol–water partition coefficient (Wildman–Crippen LogP) is 3.58. The maximum atomic E-state index is 5.47. The van der Waals surface area contributed by atoms with E-state index < -0.39 is 0 Å². The highest BCUT2D eigenvalue weighted by molar-refractivity contribution is 7.80. The Labute approximate surface area is 154 Å². The molecule has 0 aliphatic rings. The molecule has 0 amide bonds. The van der Waals surface area contributed by atoms with Gasteiger partial charge < -0.3 is 24.4 Å². The van der Waals surface area contributed by atoms with Crippen LogP contribution in [-0.2, 0) is 6.42 Å². The zero-order valence-corrected chi connectivity index (χ0v) is 15.9. The molecule has 5 nitrogen and oxygen atoms in total. The molecule has 0 aromatic heterocycles. The van der Waals surface area contributed by atoms with E-state index in [1.165, 1.54) is 0 Å². The highest BCUT2D eigenvalue weighted by Crippen LogP contribution is 2.27. The van der Waals surface area contributed by atoms with Gasteiger partial charge in [-0.2, -0.15) is 0 Å². The Morgan fingerprint density at radius 2 is 1.76 bits per heavy atom. The molecule has 25 heavy (non-hydrogen) atoms. The number of likely N-dealkylation sites (N-methyl/N-ethyl adjacent to an activating group) is 1. The Morgan fingerprint density at radius 3 is 2.44 bits per heavy atom. The zero-order valence-electron chi connectivity index (χ0n) is 15.0. The molecule has 0 unspecified atom stereocenters. The van der Waals surface area contributed by atoms with Gasteiger partial charge in [-0.3, -0.25) is 0 Å². The molecule has 2 rings (SSSR count). The maximum Gasteiger partial charge on any atom is 0.173 e. The number of ether oxygens (including phenoxy) is 3. The molecule has 6 heteroatoms. The third-order valence-electron chi connectivity index (χ3n) is 3.85. The highest BCUT2D eigenvalue weighted by atomic mass is 32.1. The summed E-state index contributed by atoms with van der Waals surface area (Å²) in [6.45, 7) is 0.783. The van der Waals surface area contributed by atoms with Crippen molar-refractivity contribution in [2.75, 3.05) is 40.2 Å². The van der Waals surface area contributed by atoms with Gasteiger partial charge in [0.25, 0.3) is 0 Å². The van der Waals surface area contributed by atoms with Crippen molar-refractivity contribution in [1.82, 2.24) is 4.90 Å². The van der Waals surface area contributed by atoms with E-state index in [1.807, 2.05) is 54.4 Å². The number of thiocarbonyl (C=S) groups is 1. The Hall–Kier alpha value is -2.47. The number of nitrogens with zero attached hydrogens (tertiary/aromatic N) is 1. The summed E-state index contributed by atoms with van der Waals surface area (Å²) in [5.41, 5.74) is 2.07. The van der Waals surface area contributed by atoms with Crippen LogP contribution in [0.3, 0.4) is 0 Å². The second-order valence-electron chi connectivity index (χ2n) is 5.52. The lowest BCUT2D eigenvalue weighted by atomic mass is 10.1. The monoisotopic (exact) mass is 360 g/mol. The van der Waals surface area contributed by atoms with Crippen LogP contribution in [0.4, 0.5) is 5.69 Å². The lowest BCUT2D eigenvalue weighted by Gasteiger charge is -2.21. The topological polar surface area (TPSA) is 43.0 Å². The molecule has 0 saturated carbocycles. The molecule has 134 valence electrons. The van der Waals surface area contributed by atoms with Crippen LogP contribution in [0.2, 0.25) is 0 Å². The number of anilines is 1. The second kappa shape index (κ2) is 9.13. The first kappa shape index (κ1) is 18.9. The summed E-state index contributed by atoms with van der Waals surface area (Å²) in [5, 5.41) is 3.89. The number of nitrogens with one attached hydrogen (secondary N) is 1. The van der Waals surface area contributed by atoms with Crippen molar-refractivity contribution in [2.45, 2.75) is 6.42 Å². The molecule has 0 aliphatic carbocycles. The van der Waals surface area contributed by atoms with Crippen LogP contribution in [0.5, 0.6) is 17.2 Å². The summed E-state index contributed by atoms with van der Waals surface area (Å²) in [6.07, 6.45) is 0.844. The minimum Gasteiger partial charge on any atom is -0.497 e. The molecular weight excluding hydrogens is 336 g/mol. The van der Waals surface area contributed by atoms with Crippen molar-refractivity contribution in [1.29, 1.82) is 0 Å². The van der Waals surface area contributed by atoms with Gasteiger partial charge in [-0.25, -0.2) is 0 Å². The fourth-order valence-corrected chi connectivity index (χ4v) is 2.56. The smallest absolute Gasteiger partial charge is 0.173 e. The van der Waals surface area contributed by atoms with Crippen LogP contribution in [0.1, 0.15) is 5.56 Å². The first-order chi connectivity index (χ1) is 12.1. The zero-order chi connectivity index (χ0) is 18.2. The summed E-state index contributed by atoms with van der Waals surface area (Å²) in [5.74, 6) is 2.26. The number of hydrogen-bond acceptors (Lipinski definition) is 4. The molecule has 0 radical (unpaired) electrons. The van der Waals surface area contributed by atoms with E-state index >= 15 is 0 Å². The van der Waals surface area contributed by atoms with Gasteiger partial charge in [-0.05, 0) is 48.5 Å². The quantitative estimate of drug-likeness (QED) is 0.762. The van der Waals surface area contributed by atoms with Crippen LogP contribution >= 0.6 is 12.2 Å². The van der Waals surface area contributed by atoms with E-state index in [0.29, 0.717) is 5.11 Å². The number of methoxy groups -OCH3 is 3. The van der Waals surface area contributed by atoms with Crippen molar-refractivity contribution in [3.8, 4) is 17.2 Å². The van der Waals surface area contributed by atoms with Gasteiger partial charge in [0.05, 0.1) is 21.3 Å². The van der Waals surface area contributed by atoms with E-state index in [0.717, 1.165) is 41.5 Å². The average molecular weight is 360 g/mol. The molecule has 0 saturated heterocycles. The second-order valence-corrected chi connectivity index (χ2v) is 5.91. The third kappa shape index (κ3) is 5.26. The normalized spacial score (nSPS) is 10.1. The summed E-state index contributed by atoms with van der Waals surface area (Å²) in [4.78, 5) is 2.01. The van der Waals surface area contributed by atoms with Crippen molar-refractivity contribution in [3.05, 3.63) is 48.0 Å². The van der Waals surface area contributed by atoms with Crippen LogP contribution in [0, 0.1) is 0 Å². The Kier molecular flexibility index (Phi) is 6.89. The molecule has 0 aliphatic heterocycles. The summed E-state index contributed by atoms with van der Waals surface area (Å²) in [6, 6.07) is 13.6. The van der Waals surface area contributed by atoms with E-state index in [9.17, 15) is 0 Å². The Bertz CT molecular complexity index is 722. The fourth-order valence-electron chi connectivity index (χ4n) is 2.35. The molecule has 2 aromatic rings. The minimum absolute atomic E-state index is 0.661. The van der Waals surface area contributed by atoms with Crippen molar-refractivity contribution in [2.24, 2.45) is 0 Å². The molecule has 0 fully saturated rings. The molecule has 0 atom stereocenters. The third-order valence-corrected chi connectivity index (χ3v) is 4.27. The lowest BCUT2D eigenvalue weighted by molar-refractivity contribution is 0.354. The van der Waals surface area contributed by atoms with Gasteiger partial charge in [0.2, 0.25) is 0 Å². The van der Waals surface area contributed by atoms with Crippen LogP contribution in [-0.4, -0.2) is 44.9 Å². The molecule has 2 aromatic carbocycles. The summed E-state index contributed by atoms with van der Waals surface area (Å²) >= 11 is 5.47. The number of hydrogen-bond donors (Lipinski definition) is 1. The van der Waals surface area contributed by atoms with Gasteiger partial charge in [0.1, 0.15) is 5.75 Å². The SMILES string of the molecule is COc1cccc(NC(=S)N(C)CCc2ccc(OC)c(OC)c2)c1. The van der Waals surface area contributed by atoms with E-state index in [-0.39, 0.29) is 0 Å². The molecule has 1 N–H and O–H groups in total. The van der Waals surface area contributed by atoms with E-state index in [4.69, 9.17) is 26.4 Å². The van der Waals surface area contributed by atoms with Gasteiger partial charge in [0, 0.05) is 25.3 Å². The highest BCUT2D eigenvalue weighted by Gasteiger charge is 2.08. The van der Waals surface area contributed by atoms with Gasteiger partial charge in [0.15, 0.2) is 16.6 Å². The summed E-state index contributed by atoms with van der Waals surface area (Å²) < 4.78 is 15.8. The van der Waals surface area contributed by atoms with Crippen molar-refractivity contribution >= 4 is 23.0 Å². The fraction of sp³-hybridized carbons (Fsp3) is 0.316. The molecule has 0 bridgehead atoms. The number of benzene rings is 2. The molecular formula is C19H24N2O3S.